The number of rotatable bonds is 6. The van der Waals surface area contributed by atoms with Gasteiger partial charge in [-0.25, -0.2) is 18.4 Å². The maximum atomic E-state index is 12.1. The lowest BCUT2D eigenvalue weighted by atomic mass is 10.4. The molecule has 17 heavy (non-hydrogen) atoms. The molecule has 0 saturated heterocycles. The van der Waals surface area contributed by atoms with Crippen LogP contribution in [0, 0.1) is 0 Å². The zero-order chi connectivity index (χ0) is 12.9. The zero-order valence-corrected chi connectivity index (χ0v) is 10.9. The standard InChI is InChI=1S/C9H14ClN3O3S/c1-2-13(4-3-5-14)17(15,16)8-6-11-9(10)12-7-8/h6-7,14H,2-5H2,1H3. The predicted molar refractivity (Wildman–Crippen MR) is 63.2 cm³/mol. The molecule has 0 amide bonds. The number of aromatic nitrogens is 2. The first-order valence-corrected chi connectivity index (χ1v) is 6.92. The van der Waals surface area contributed by atoms with Crippen molar-refractivity contribution in [2.45, 2.75) is 18.2 Å². The van der Waals surface area contributed by atoms with Gasteiger partial charge in [0.15, 0.2) is 0 Å². The normalized spacial score (nSPS) is 12.0. The molecule has 0 aliphatic rings. The molecule has 1 aromatic heterocycles. The average molecular weight is 280 g/mol. The molecule has 0 fully saturated rings. The summed E-state index contributed by atoms with van der Waals surface area (Å²) >= 11 is 5.50. The smallest absolute Gasteiger partial charge is 0.246 e. The number of hydrogen-bond donors (Lipinski definition) is 1. The number of aliphatic hydroxyl groups is 1. The number of aliphatic hydroxyl groups excluding tert-OH is 1. The molecule has 1 N–H and O–H groups in total. The maximum absolute atomic E-state index is 12.1. The van der Waals surface area contributed by atoms with Crippen molar-refractivity contribution in [2.24, 2.45) is 0 Å². The van der Waals surface area contributed by atoms with Crippen molar-refractivity contribution in [3.05, 3.63) is 17.7 Å². The third-order valence-electron chi connectivity index (χ3n) is 2.15. The molecule has 6 nitrogen and oxygen atoms in total. The van der Waals surface area contributed by atoms with E-state index >= 15 is 0 Å². The molecule has 1 rings (SSSR count). The van der Waals surface area contributed by atoms with Crippen LogP contribution in [0.1, 0.15) is 13.3 Å². The molecule has 0 unspecified atom stereocenters. The molecule has 0 bridgehead atoms. The van der Waals surface area contributed by atoms with E-state index in [1.165, 1.54) is 16.7 Å². The van der Waals surface area contributed by atoms with Crippen LogP contribution in [0.25, 0.3) is 0 Å². The van der Waals surface area contributed by atoms with E-state index in [0.29, 0.717) is 13.0 Å². The van der Waals surface area contributed by atoms with Gasteiger partial charge in [0.1, 0.15) is 4.90 Å². The minimum Gasteiger partial charge on any atom is -0.396 e. The summed E-state index contributed by atoms with van der Waals surface area (Å²) in [4.78, 5) is 7.28. The topological polar surface area (TPSA) is 83.4 Å². The van der Waals surface area contributed by atoms with Crippen LogP contribution in [0.15, 0.2) is 17.3 Å². The highest BCUT2D eigenvalue weighted by molar-refractivity contribution is 7.89. The van der Waals surface area contributed by atoms with Gasteiger partial charge in [-0.05, 0) is 18.0 Å². The van der Waals surface area contributed by atoms with Gasteiger partial charge >= 0.3 is 0 Å². The highest BCUT2D eigenvalue weighted by Gasteiger charge is 2.23. The number of nitrogens with zero attached hydrogens (tertiary/aromatic N) is 3. The van der Waals surface area contributed by atoms with E-state index in [4.69, 9.17) is 16.7 Å². The average Bonchev–Trinajstić information content (AvgIpc) is 2.30. The molecule has 8 heteroatoms. The Morgan fingerprint density at radius 2 is 2.00 bits per heavy atom. The molecule has 0 aromatic carbocycles. The van der Waals surface area contributed by atoms with Gasteiger partial charge in [-0.15, -0.1) is 0 Å². The van der Waals surface area contributed by atoms with E-state index in [0.717, 1.165) is 0 Å². The third kappa shape index (κ3) is 3.60. The van der Waals surface area contributed by atoms with Crippen LogP contribution in [0.4, 0.5) is 0 Å². The van der Waals surface area contributed by atoms with E-state index < -0.39 is 10.0 Å². The van der Waals surface area contributed by atoms with Gasteiger partial charge in [0.25, 0.3) is 0 Å². The Labute approximate surface area is 105 Å². The summed E-state index contributed by atoms with van der Waals surface area (Å²) < 4.78 is 25.5. The van der Waals surface area contributed by atoms with Gasteiger partial charge in [-0.1, -0.05) is 6.92 Å². The van der Waals surface area contributed by atoms with Gasteiger partial charge < -0.3 is 5.11 Å². The van der Waals surface area contributed by atoms with Crippen LogP contribution in [-0.2, 0) is 10.0 Å². The second-order valence-electron chi connectivity index (χ2n) is 3.26. The Hall–Kier alpha value is -0.760. The summed E-state index contributed by atoms with van der Waals surface area (Å²) in [5, 5.41) is 8.72. The minimum absolute atomic E-state index is 0.00156. The van der Waals surface area contributed by atoms with E-state index in [1.807, 2.05) is 0 Å². The number of halogens is 1. The number of hydrogen-bond acceptors (Lipinski definition) is 5. The quantitative estimate of drug-likeness (QED) is 0.768. The van der Waals surface area contributed by atoms with Gasteiger partial charge in [0.05, 0.1) is 12.4 Å². The van der Waals surface area contributed by atoms with Crippen molar-refractivity contribution in [3.63, 3.8) is 0 Å². The monoisotopic (exact) mass is 279 g/mol. The lowest BCUT2D eigenvalue weighted by Gasteiger charge is -2.19. The second kappa shape index (κ2) is 6.25. The van der Waals surface area contributed by atoms with Crippen LogP contribution in [0.5, 0.6) is 0 Å². The molecule has 1 heterocycles. The summed E-state index contributed by atoms with van der Waals surface area (Å²) in [6, 6.07) is 0. The van der Waals surface area contributed by atoms with Gasteiger partial charge in [-0.2, -0.15) is 4.31 Å². The van der Waals surface area contributed by atoms with Gasteiger partial charge in [0, 0.05) is 19.7 Å². The van der Waals surface area contributed by atoms with Crippen molar-refractivity contribution in [1.82, 2.24) is 14.3 Å². The van der Waals surface area contributed by atoms with Crippen LogP contribution in [0.3, 0.4) is 0 Å². The molecule has 0 saturated carbocycles. The first-order chi connectivity index (χ1) is 8.02. The molecule has 0 aliphatic heterocycles. The van der Waals surface area contributed by atoms with Crippen molar-refractivity contribution in [1.29, 1.82) is 0 Å². The summed E-state index contributed by atoms with van der Waals surface area (Å²) in [7, 11) is -3.60. The van der Waals surface area contributed by atoms with Gasteiger partial charge in [-0.3, -0.25) is 0 Å². The van der Waals surface area contributed by atoms with Crippen molar-refractivity contribution >= 4 is 21.6 Å². The Kier molecular flexibility index (Phi) is 5.26. The Morgan fingerprint density at radius 1 is 1.41 bits per heavy atom. The van der Waals surface area contributed by atoms with Crippen molar-refractivity contribution < 1.29 is 13.5 Å². The third-order valence-corrected chi connectivity index (χ3v) is 4.28. The van der Waals surface area contributed by atoms with E-state index in [1.54, 1.807) is 6.92 Å². The minimum atomic E-state index is -3.60. The molecule has 1 aromatic rings. The summed E-state index contributed by atoms with van der Waals surface area (Å²) in [5.41, 5.74) is 0. The largest absolute Gasteiger partial charge is 0.396 e. The molecule has 0 aliphatic carbocycles. The molecule has 96 valence electrons. The maximum Gasteiger partial charge on any atom is 0.246 e. The summed E-state index contributed by atoms with van der Waals surface area (Å²) in [6.45, 7) is 2.26. The Balaban J connectivity index is 2.95. The predicted octanol–water partition coefficient (Wildman–Crippen LogP) is 0.523. The molecular weight excluding hydrogens is 266 g/mol. The van der Waals surface area contributed by atoms with Crippen LogP contribution in [0.2, 0.25) is 5.28 Å². The van der Waals surface area contributed by atoms with E-state index in [2.05, 4.69) is 9.97 Å². The lowest BCUT2D eigenvalue weighted by Crippen LogP contribution is -2.32. The molecule has 0 radical (unpaired) electrons. The zero-order valence-electron chi connectivity index (χ0n) is 9.37. The molecular formula is C9H14ClN3O3S. The Bertz CT molecular complexity index is 449. The van der Waals surface area contributed by atoms with Crippen LogP contribution >= 0.6 is 11.6 Å². The second-order valence-corrected chi connectivity index (χ2v) is 5.54. The highest BCUT2D eigenvalue weighted by atomic mass is 35.5. The van der Waals surface area contributed by atoms with Crippen LogP contribution in [-0.4, -0.2) is 47.5 Å². The van der Waals surface area contributed by atoms with Crippen molar-refractivity contribution in [3.8, 4) is 0 Å². The van der Waals surface area contributed by atoms with Crippen LogP contribution < -0.4 is 0 Å². The van der Waals surface area contributed by atoms with E-state index in [9.17, 15) is 8.42 Å². The highest BCUT2D eigenvalue weighted by Crippen LogP contribution is 2.14. The lowest BCUT2D eigenvalue weighted by molar-refractivity contribution is 0.271. The van der Waals surface area contributed by atoms with E-state index in [-0.39, 0.29) is 23.3 Å². The molecule has 0 spiro atoms. The van der Waals surface area contributed by atoms with Gasteiger partial charge in [0.2, 0.25) is 15.3 Å². The molecule has 0 atom stereocenters. The first-order valence-electron chi connectivity index (χ1n) is 5.11. The fourth-order valence-corrected chi connectivity index (χ4v) is 2.75. The number of sulfonamides is 1. The summed E-state index contributed by atoms with van der Waals surface area (Å²) in [6.07, 6.45) is 2.74. The first kappa shape index (κ1) is 14.3. The van der Waals surface area contributed by atoms with Crippen molar-refractivity contribution in [2.75, 3.05) is 19.7 Å². The fraction of sp³-hybridized carbons (Fsp3) is 0.556. The fourth-order valence-electron chi connectivity index (χ4n) is 1.28. The summed E-state index contributed by atoms with van der Waals surface area (Å²) in [5.74, 6) is 0. The Morgan fingerprint density at radius 3 is 2.47 bits per heavy atom. The SMILES string of the molecule is CCN(CCCO)S(=O)(=O)c1cnc(Cl)nc1.